The van der Waals surface area contributed by atoms with Crippen molar-refractivity contribution in [2.45, 2.75) is 18.5 Å². The number of thiazole rings is 1. The molecule has 2 aromatic heterocycles. The molecule has 0 radical (unpaired) electrons. The smallest absolute Gasteiger partial charge is 0.230 e. The molecule has 9 heteroatoms. The maximum atomic E-state index is 12.2. The largest absolute Gasteiger partial charge is 0.497 e. The number of thioether (sulfide) groups is 1. The number of ether oxygens (including phenoxy) is 1. The number of carbonyl (C=O) groups excluding carboxylic acids is 1. The molecule has 4 aromatic rings. The second-order valence-corrected chi connectivity index (χ2v) is 9.48. The van der Waals surface area contributed by atoms with Crippen molar-refractivity contribution in [2.75, 3.05) is 12.9 Å². The van der Waals surface area contributed by atoms with Gasteiger partial charge in [0.1, 0.15) is 21.5 Å². The first-order valence-corrected chi connectivity index (χ1v) is 12.3. The SMILES string of the molecule is COc1cccc(-c2nc(C)c(-c3ccc(SCC(=O)NCc4ccccc4Cl)nn3)s2)c1. The second-order valence-electron chi connectivity index (χ2n) is 7.08. The molecule has 0 atom stereocenters. The minimum atomic E-state index is -0.0907. The number of amides is 1. The molecule has 0 saturated carbocycles. The number of nitrogens with one attached hydrogen (secondary N) is 1. The number of hydrogen-bond donors (Lipinski definition) is 1. The number of methoxy groups -OCH3 is 1. The average Bonchev–Trinajstić information content (AvgIpc) is 3.24. The van der Waals surface area contributed by atoms with Gasteiger partial charge < -0.3 is 10.1 Å². The van der Waals surface area contributed by atoms with Gasteiger partial charge in [0.2, 0.25) is 5.91 Å². The van der Waals surface area contributed by atoms with Crippen LogP contribution in [0.2, 0.25) is 5.02 Å². The number of halogens is 1. The Morgan fingerprint density at radius 1 is 1.12 bits per heavy atom. The predicted octanol–water partition coefficient (Wildman–Crippen LogP) is 5.65. The Labute approximate surface area is 205 Å². The first-order chi connectivity index (χ1) is 16.0. The van der Waals surface area contributed by atoms with Crippen molar-refractivity contribution in [3.8, 4) is 26.9 Å². The van der Waals surface area contributed by atoms with E-state index in [4.69, 9.17) is 21.3 Å². The fourth-order valence-electron chi connectivity index (χ4n) is 3.06. The summed E-state index contributed by atoms with van der Waals surface area (Å²) in [7, 11) is 1.65. The van der Waals surface area contributed by atoms with Gasteiger partial charge in [-0.3, -0.25) is 4.79 Å². The molecular weight excluding hydrogens is 476 g/mol. The van der Waals surface area contributed by atoms with E-state index in [1.54, 1.807) is 24.5 Å². The van der Waals surface area contributed by atoms with Gasteiger partial charge in [-0.05, 0) is 42.8 Å². The van der Waals surface area contributed by atoms with Crippen LogP contribution in [0, 0.1) is 6.92 Å². The number of hydrogen-bond acceptors (Lipinski definition) is 7. The quantitative estimate of drug-likeness (QED) is 0.318. The molecule has 0 bridgehead atoms. The summed E-state index contributed by atoms with van der Waals surface area (Å²) < 4.78 is 5.31. The molecule has 4 rings (SSSR count). The van der Waals surface area contributed by atoms with Gasteiger partial charge >= 0.3 is 0 Å². The van der Waals surface area contributed by atoms with Crippen molar-refractivity contribution in [1.82, 2.24) is 20.5 Å². The van der Waals surface area contributed by atoms with Gasteiger partial charge in [-0.2, -0.15) is 0 Å². The molecular formula is C24H21ClN4O2S2. The molecule has 0 unspecified atom stereocenters. The standard InChI is InChI=1S/C24H21ClN4O2S2/c1-15-23(33-24(27-15)16-7-5-8-18(12-16)31-2)20-10-11-22(29-28-20)32-14-21(30)26-13-17-6-3-4-9-19(17)25/h3-12H,13-14H2,1-2H3,(H,26,30). The lowest BCUT2D eigenvalue weighted by Crippen LogP contribution is -2.24. The molecule has 0 aliphatic carbocycles. The highest BCUT2D eigenvalue weighted by Crippen LogP contribution is 2.35. The summed E-state index contributed by atoms with van der Waals surface area (Å²) in [5, 5.41) is 13.7. The van der Waals surface area contributed by atoms with Crippen molar-refractivity contribution in [3.63, 3.8) is 0 Å². The summed E-state index contributed by atoms with van der Waals surface area (Å²) >= 11 is 9.02. The van der Waals surface area contributed by atoms with E-state index in [1.165, 1.54) is 11.8 Å². The Morgan fingerprint density at radius 2 is 1.97 bits per heavy atom. The summed E-state index contributed by atoms with van der Waals surface area (Å²) in [6.45, 7) is 2.35. The normalized spacial score (nSPS) is 10.8. The summed E-state index contributed by atoms with van der Waals surface area (Å²) in [5.74, 6) is 0.948. The third kappa shape index (κ3) is 5.90. The molecule has 0 saturated heterocycles. The lowest BCUT2D eigenvalue weighted by Gasteiger charge is -2.06. The van der Waals surface area contributed by atoms with E-state index in [2.05, 4.69) is 15.5 Å². The van der Waals surface area contributed by atoms with Crippen LogP contribution in [0.3, 0.4) is 0 Å². The van der Waals surface area contributed by atoms with Crippen molar-refractivity contribution < 1.29 is 9.53 Å². The minimum Gasteiger partial charge on any atom is -0.497 e. The molecule has 0 fully saturated rings. The fourth-order valence-corrected chi connectivity index (χ4v) is 4.93. The van der Waals surface area contributed by atoms with Gasteiger partial charge in [0.05, 0.1) is 23.4 Å². The number of aromatic nitrogens is 3. The van der Waals surface area contributed by atoms with Gasteiger partial charge in [0.15, 0.2) is 0 Å². The van der Waals surface area contributed by atoms with Crippen LogP contribution in [0.5, 0.6) is 5.75 Å². The van der Waals surface area contributed by atoms with Crippen LogP contribution in [0.25, 0.3) is 21.1 Å². The van der Waals surface area contributed by atoms with E-state index in [0.29, 0.717) is 16.6 Å². The Hall–Kier alpha value is -2.94. The zero-order valence-electron chi connectivity index (χ0n) is 18.0. The molecule has 6 nitrogen and oxygen atoms in total. The first kappa shape index (κ1) is 23.2. The van der Waals surface area contributed by atoms with Gasteiger partial charge in [-0.15, -0.1) is 21.5 Å². The zero-order chi connectivity index (χ0) is 23.2. The number of benzene rings is 2. The Balaban J connectivity index is 1.37. The van der Waals surface area contributed by atoms with E-state index in [1.807, 2.05) is 61.5 Å². The van der Waals surface area contributed by atoms with Crippen molar-refractivity contribution in [2.24, 2.45) is 0 Å². The molecule has 0 aliphatic heterocycles. The Morgan fingerprint density at radius 3 is 2.73 bits per heavy atom. The average molecular weight is 497 g/mol. The van der Waals surface area contributed by atoms with Crippen LogP contribution in [0.4, 0.5) is 0 Å². The first-order valence-electron chi connectivity index (χ1n) is 10.1. The van der Waals surface area contributed by atoms with Crippen LogP contribution >= 0.6 is 34.7 Å². The van der Waals surface area contributed by atoms with Crippen molar-refractivity contribution in [3.05, 3.63) is 76.9 Å². The summed E-state index contributed by atoms with van der Waals surface area (Å²) in [5.41, 5.74) is 3.53. The minimum absolute atomic E-state index is 0.0907. The number of carbonyl (C=O) groups is 1. The summed E-state index contributed by atoms with van der Waals surface area (Å²) in [6, 6.07) is 19.1. The Bertz CT molecular complexity index is 1260. The molecule has 0 aliphatic rings. The number of aryl methyl sites for hydroxylation is 1. The molecule has 2 heterocycles. The van der Waals surface area contributed by atoms with Crippen LogP contribution in [0.15, 0.2) is 65.7 Å². The van der Waals surface area contributed by atoms with E-state index in [0.717, 1.165) is 38.1 Å². The monoisotopic (exact) mass is 496 g/mol. The van der Waals surface area contributed by atoms with Gasteiger partial charge in [0, 0.05) is 17.1 Å². The van der Waals surface area contributed by atoms with Gasteiger partial charge in [-0.1, -0.05) is 53.7 Å². The van der Waals surface area contributed by atoms with Crippen LogP contribution < -0.4 is 10.1 Å². The molecule has 168 valence electrons. The van der Waals surface area contributed by atoms with Crippen LogP contribution in [-0.4, -0.2) is 34.0 Å². The molecule has 0 spiro atoms. The van der Waals surface area contributed by atoms with Gasteiger partial charge in [-0.25, -0.2) is 4.98 Å². The third-order valence-electron chi connectivity index (χ3n) is 4.77. The van der Waals surface area contributed by atoms with E-state index < -0.39 is 0 Å². The maximum absolute atomic E-state index is 12.2. The van der Waals surface area contributed by atoms with Crippen molar-refractivity contribution >= 4 is 40.6 Å². The van der Waals surface area contributed by atoms with E-state index in [9.17, 15) is 4.79 Å². The van der Waals surface area contributed by atoms with E-state index in [-0.39, 0.29) is 11.7 Å². The second kappa shape index (κ2) is 10.8. The van der Waals surface area contributed by atoms with E-state index >= 15 is 0 Å². The molecule has 33 heavy (non-hydrogen) atoms. The highest BCUT2D eigenvalue weighted by Gasteiger charge is 2.14. The lowest BCUT2D eigenvalue weighted by atomic mass is 10.2. The molecule has 1 amide bonds. The summed E-state index contributed by atoms with van der Waals surface area (Å²) in [4.78, 5) is 17.8. The zero-order valence-corrected chi connectivity index (χ0v) is 20.4. The van der Waals surface area contributed by atoms with Gasteiger partial charge in [0.25, 0.3) is 0 Å². The molecule has 2 aromatic carbocycles. The maximum Gasteiger partial charge on any atom is 0.230 e. The van der Waals surface area contributed by atoms with Crippen LogP contribution in [0.1, 0.15) is 11.3 Å². The third-order valence-corrected chi connectivity index (χ3v) is 7.29. The predicted molar refractivity (Wildman–Crippen MR) is 134 cm³/mol. The highest BCUT2D eigenvalue weighted by atomic mass is 35.5. The fraction of sp³-hybridized carbons (Fsp3) is 0.167. The highest BCUT2D eigenvalue weighted by molar-refractivity contribution is 7.99. The lowest BCUT2D eigenvalue weighted by molar-refractivity contribution is -0.118. The summed E-state index contributed by atoms with van der Waals surface area (Å²) in [6.07, 6.45) is 0. The number of nitrogens with zero attached hydrogens (tertiary/aromatic N) is 3. The topological polar surface area (TPSA) is 77.0 Å². The van der Waals surface area contributed by atoms with Crippen molar-refractivity contribution in [1.29, 1.82) is 0 Å². The molecule has 1 N–H and O–H groups in total. The number of rotatable bonds is 8. The van der Waals surface area contributed by atoms with Crippen LogP contribution in [-0.2, 0) is 11.3 Å². The Kier molecular flexibility index (Phi) is 7.59.